The number of phenols is 1. The van der Waals surface area contributed by atoms with E-state index in [0.717, 1.165) is 16.7 Å². The van der Waals surface area contributed by atoms with Gasteiger partial charge in [0.1, 0.15) is 22.9 Å². The maximum atomic E-state index is 13.4. The molecule has 3 heterocycles. The molecular formula is C26H25N3O3. The summed E-state index contributed by atoms with van der Waals surface area (Å²) in [5.74, 6) is 1.12. The Balaban J connectivity index is 1.67. The second-order valence-electron chi connectivity index (χ2n) is 8.62. The Morgan fingerprint density at radius 2 is 1.94 bits per heavy atom. The second kappa shape index (κ2) is 7.71. The van der Waals surface area contributed by atoms with Crippen LogP contribution in [0, 0.1) is 6.92 Å². The van der Waals surface area contributed by atoms with Crippen molar-refractivity contribution in [3.8, 4) is 17.0 Å². The Morgan fingerprint density at radius 3 is 2.62 bits per heavy atom. The van der Waals surface area contributed by atoms with Gasteiger partial charge in [0.2, 0.25) is 0 Å². The van der Waals surface area contributed by atoms with Gasteiger partial charge in [-0.15, -0.1) is 0 Å². The van der Waals surface area contributed by atoms with Crippen LogP contribution in [0.3, 0.4) is 0 Å². The second-order valence-corrected chi connectivity index (χ2v) is 8.62. The Morgan fingerprint density at radius 1 is 1.16 bits per heavy atom. The zero-order chi connectivity index (χ0) is 22.4. The van der Waals surface area contributed by atoms with Crippen LogP contribution in [0.15, 0.2) is 65.3 Å². The lowest BCUT2D eigenvalue weighted by Gasteiger charge is -2.26. The lowest BCUT2D eigenvalue weighted by molar-refractivity contribution is 0.0717. The molecule has 0 saturated heterocycles. The van der Waals surface area contributed by atoms with Gasteiger partial charge in [-0.05, 0) is 48.2 Å². The highest BCUT2D eigenvalue weighted by Crippen LogP contribution is 2.45. The number of nitrogens with one attached hydrogen (secondary N) is 1. The molecule has 1 atom stereocenters. The van der Waals surface area contributed by atoms with Gasteiger partial charge in [-0.25, -0.2) is 0 Å². The molecule has 6 nitrogen and oxygen atoms in total. The lowest BCUT2D eigenvalue weighted by atomic mass is 9.93. The molecule has 162 valence electrons. The summed E-state index contributed by atoms with van der Waals surface area (Å²) in [7, 11) is 0. The molecule has 0 fully saturated rings. The molecule has 1 amide bonds. The first-order valence-corrected chi connectivity index (χ1v) is 10.8. The zero-order valence-electron chi connectivity index (χ0n) is 18.3. The first kappa shape index (κ1) is 20.1. The Kier molecular flexibility index (Phi) is 4.85. The number of fused-ring (bicyclic) bond motifs is 1. The Bertz CT molecular complexity index is 1270. The molecule has 1 aliphatic rings. The predicted octanol–water partition coefficient (Wildman–Crippen LogP) is 5.55. The summed E-state index contributed by atoms with van der Waals surface area (Å²) in [5, 5.41) is 18.0. The highest BCUT2D eigenvalue weighted by molar-refractivity contribution is 6.00. The normalized spacial score (nSPS) is 15.6. The third-order valence-corrected chi connectivity index (χ3v) is 6.10. The Labute approximate surface area is 186 Å². The average molecular weight is 428 g/mol. The van der Waals surface area contributed by atoms with Crippen molar-refractivity contribution in [3.05, 3.63) is 94.6 Å². The van der Waals surface area contributed by atoms with Crippen LogP contribution >= 0.6 is 0 Å². The van der Waals surface area contributed by atoms with Crippen molar-refractivity contribution >= 4 is 5.91 Å². The van der Waals surface area contributed by atoms with E-state index in [9.17, 15) is 9.90 Å². The number of carbonyl (C=O) groups excluding carboxylic acids is 1. The molecular weight excluding hydrogens is 402 g/mol. The molecule has 0 radical (unpaired) electrons. The predicted molar refractivity (Wildman–Crippen MR) is 121 cm³/mol. The first-order valence-electron chi connectivity index (χ1n) is 10.8. The minimum atomic E-state index is -0.350. The summed E-state index contributed by atoms with van der Waals surface area (Å²) in [6.07, 6.45) is 1.61. The van der Waals surface area contributed by atoms with E-state index in [1.54, 1.807) is 17.2 Å². The quantitative estimate of drug-likeness (QED) is 0.437. The molecule has 4 aromatic rings. The molecule has 0 unspecified atom stereocenters. The minimum absolute atomic E-state index is 0.135. The van der Waals surface area contributed by atoms with Crippen LogP contribution in [0.4, 0.5) is 0 Å². The fraction of sp³-hybridized carbons (Fsp3) is 0.231. The number of phenolic OH excluding ortho intramolecular Hbond substituents is 1. The smallest absolute Gasteiger partial charge is 0.273 e. The third kappa shape index (κ3) is 3.28. The van der Waals surface area contributed by atoms with E-state index >= 15 is 0 Å². The summed E-state index contributed by atoms with van der Waals surface area (Å²) in [5.41, 5.74) is 5.66. The van der Waals surface area contributed by atoms with Gasteiger partial charge in [-0.1, -0.05) is 49.7 Å². The monoisotopic (exact) mass is 427 g/mol. The van der Waals surface area contributed by atoms with Crippen LogP contribution in [0.2, 0.25) is 0 Å². The number of aromatic nitrogens is 2. The number of amides is 1. The number of hydrogen-bond acceptors (Lipinski definition) is 4. The molecule has 6 heteroatoms. The van der Waals surface area contributed by atoms with Crippen molar-refractivity contribution in [3.63, 3.8) is 0 Å². The van der Waals surface area contributed by atoms with E-state index in [2.05, 4.69) is 48.3 Å². The van der Waals surface area contributed by atoms with Crippen LogP contribution in [-0.4, -0.2) is 26.1 Å². The highest BCUT2D eigenvalue weighted by atomic mass is 16.3. The maximum absolute atomic E-state index is 13.4. The van der Waals surface area contributed by atoms with Crippen LogP contribution in [0.25, 0.3) is 11.3 Å². The zero-order valence-corrected chi connectivity index (χ0v) is 18.3. The molecule has 0 aliphatic carbocycles. The van der Waals surface area contributed by atoms with Crippen molar-refractivity contribution in [1.29, 1.82) is 0 Å². The van der Waals surface area contributed by atoms with Gasteiger partial charge in [0.05, 0.1) is 18.8 Å². The fourth-order valence-corrected chi connectivity index (χ4v) is 4.38. The fourth-order valence-electron chi connectivity index (χ4n) is 4.38. The third-order valence-electron chi connectivity index (χ3n) is 6.10. The molecule has 0 spiro atoms. The van der Waals surface area contributed by atoms with Crippen LogP contribution in [-0.2, 0) is 6.54 Å². The van der Waals surface area contributed by atoms with Crippen molar-refractivity contribution < 1.29 is 14.3 Å². The standard InChI is InChI=1S/C26H25N3O3/c1-15(2)17-7-9-18(10-8-17)25-22-23(20-13-16(3)6-11-21(20)30)27-28-24(22)26(31)29(25)14-19-5-4-12-32-19/h4-13,15,25,30H,14H2,1-3H3,(H,27,28)/t25-/m1/s1. The van der Waals surface area contributed by atoms with Gasteiger partial charge < -0.3 is 14.4 Å². The van der Waals surface area contributed by atoms with Crippen molar-refractivity contribution in [2.24, 2.45) is 0 Å². The maximum Gasteiger partial charge on any atom is 0.273 e. The summed E-state index contributed by atoms with van der Waals surface area (Å²) in [6, 6.07) is 17.1. The van der Waals surface area contributed by atoms with Crippen molar-refractivity contribution in [2.75, 3.05) is 0 Å². The van der Waals surface area contributed by atoms with E-state index in [1.807, 2.05) is 31.2 Å². The SMILES string of the molecule is Cc1ccc(O)c(-c2n[nH]c3c2[C@@H](c2ccc(C(C)C)cc2)N(Cc2ccco2)C3=O)c1. The number of aromatic hydroxyl groups is 1. The molecule has 1 aliphatic heterocycles. The van der Waals surface area contributed by atoms with Crippen LogP contribution < -0.4 is 0 Å². The van der Waals surface area contributed by atoms with Gasteiger partial charge in [-0.2, -0.15) is 5.10 Å². The molecule has 32 heavy (non-hydrogen) atoms. The number of H-pyrrole nitrogens is 1. The van der Waals surface area contributed by atoms with Crippen LogP contribution in [0.5, 0.6) is 5.75 Å². The van der Waals surface area contributed by atoms with E-state index in [1.165, 1.54) is 5.56 Å². The number of aryl methyl sites for hydroxylation is 1. The molecule has 2 N–H and O–H groups in total. The number of furan rings is 1. The number of hydrogen-bond donors (Lipinski definition) is 2. The number of benzene rings is 2. The number of nitrogens with zero attached hydrogens (tertiary/aromatic N) is 2. The molecule has 5 rings (SSSR count). The topological polar surface area (TPSA) is 82.4 Å². The van der Waals surface area contributed by atoms with E-state index in [4.69, 9.17) is 4.42 Å². The van der Waals surface area contributed by atoms with Crippen molar-refractivity contribution in [2.45, 2.75) is 39.3 Å². The largest absolute Gasteiger partial charge is 0.507 e. The van der Waals surface area contributed by atoms with E-state index < -0.39 is 0 Å². The molecule has 0 saturated carbocycles. The van der Waals surface area contributed by atoms with E-state index in [-0.39, 0.29) is 17.7 Å². The van der Waals surface area contributed by atoms with Gasteiger partial charge in [0.15, 0.2) is 0 Å². The van der Waals surface area contributed by atoms with Gasteiger partial charge in [0.25, 0.3) is 5.91 Å². The lowest BCUT2D eigenvalue weighted by Crippen LogP contribution is -2.29. The highest BCUT2D eigenvalue weighted by Gasteiger charge is 2.42. The van der Waals surface area contributed by atoms with E-state index in [0.29, 0.717) is 35.2 Å². The molecule has 2 aromatic heterocycles. The van der Waals surface area contributed by atoms with Crippen molar-refractivity contribution in [1.82, 2.24) is 15.1 Å². The average Bonchev–Trinajstić information content (AvgIpc) is 3.50. The van der Waals surface area contributed by atoms with Gasteiger partial charge in [-0.3, -0.25) is 9.89 Å². The number of carbonyl (C=O) groups is 1. The summed E-state index contributed by atoms with van der Waals surface area (Å²) < 4.78 is 5.54. The molecule has 0 bridgehead atoms. The molecule has 2 aromatic carbocycles. The summed E-state index contributed by atoms with van der Waals surface area (Å²) in [6.45, 7) is 6.62. The van der Waals surface area contributed by atoms with Gasteiger partial charge >= 0.3 is 0 Å². The van der Waals surface area contributed by atoms with Crippen LogP contribution in [0.1, 0.15) is 64.3 Å². The summed E-state index contributed by atoms with van der Waals surface area (Å²) >= 11 is 0. The number of rotatable bonds is 5. The Hall–Kier alpha value is -3.80. The first-order chi connectivity index (χ1) is 15.4. The minimum Gasteiger partial charge on any atom is -0.507 e. The summed E-state index contributed by atoms with van der Waals surface area (Å²) in [4.78, 5) is 15.2. The number of aromatic amines is 1. The van der Waals surface area contributed by atoms with Gasteiger partial charge in [0, 0.05) is 11.1 Å².